The molecule has 5 nitrogen and oxygen atoms in total. The van der Waals surface area contributed by atoms with Gasteiger partial charge in [0.25, 0.3) is 0 Å². The van der Waals surface area contributed by atoms with E-state index in [4.69, 9.17) is 17.0 Å². The summed E-state index contributed by atoms with van der Waals surface area (Å²) in [6, 6.07) is 6.86. The first kappa shape index (κ1) is 16.1. The van der Waals surface area contributed by atoms with Gasteiger partial charge < -0.3 is 15.2 Å². The zero-order valence-electron chi connectivity index (χ0n) is 11.5. The molecule has 0 aliphatic carbocycles. The molecule has 0 aromatic heterocycles. The molecule has 20 heavy (non-hydrogen) atoms. The topological polar surface area (TPSA) is 70.9 Å². The number of carbonyl (C=O) groups is 1. The molecule has 0 bridgehead atoms. The highest BCUT2D eigenvalue weighted by atomic mass is 32.1. The summed E-state index contributed by atoms with van der Waals surface area (Å²) in [5, 5.41) is 12.6. The first-order valence-electron chi connectivity index (χ1n) is 6.26. The van der Waals surface area contributed by atoms with E-state index in [9.17, 15) is 9.90 Å². The van der Waals surface area contributed by atoms with Crippen LogP contribution in [0.4, 0.5) is 0 Å². The lowest BCUT2D eigenvalue weighted by Gasteiger charge is -2.06. The van der Waals surface area contributed by atoms with Gasteiger partial charge >= 0.3 is 5.97 Å². The second-order valence-electron chi connectivity index (χ2n) is 4.16. The van der Waals surface area contributed by atoms with Crippen LogP contribution in [-0.4, -0.2) is 28.5 Å². The summed E-state index contributed by atoms with van der Waals surface area (Å²) in [6.45, 7) is 4.29. The lowest BCUT2D eigenvalue weighted by Crippen LogP contribution is -2.20. The van der Waals surface area contributed by atoms with Crippen LogP contribution in [0.1, 0.15) is 25.8 Å². The van der Waals surface area contributed by atoms with Crippen LogP contribution in [-0.2, 0) is 16.1 Å². The van der Waals surface area contributed by atoms with E-state index in [1.807, 2.05) is 6.07 Å². The molecule has 0 radical (unpaired) electrons. The van der Waals surface area contributed by atoms with Crippen molar-refractivity contribution in [2.45, 2.75) is 26.8 Å². The Hall–Kier alpha value is -1.95. The summed E-state index contributed by atoms with van der Waals surface area (Å²) in [6.07, 6.45) is 0.127. The molecule has 0 aliphatic heterocycles. The van der Waals surface area contributed by atoms with Crippen molar-refractivity contribution in [2.75, 3.05) is 6.61 Å². The summed E-state index contributed by atoms with van der Waals surface area (Å²) in [5.41, 5.74) is 1.49. The van der Waals surface area contributed by atoms with Crippen LogP contribution in [0.2, 0.25) is 0 Å². The van der Waals surface area contributed by atoms with Gasteiger partial charge in [-0.15, -0.1) is 0 Å². The molecule has 1 aromatic rings. The van der Waals surface area contributed by atoms with Crippen LogP contribution >= 0.6 is 12.2 Å². The van der Waals surface area contributed by atoms with Crippen molar-refractivity contribution >= 4 is 29.0 Å². The van der Waals surface area contributed by atoms with Gasteiger partial charge in [-0.25, -0.2) is 4.99 Å². The van der Waals surface area contributed by atoms with Gasteiger partial charge in [0.05, 0.1) is 13.0 Å². The van der Waals surface area contributed by atoms with E-state index >= 15 is 0 Å². The standard InChI is InChI=1S/C14H18N2O3S/c1-3-19-13(18)7-10(2)16-14(20)15-9-11-5-4-6-12(17)8-11/h4-6,8,17H,3,7,9H2,1-2H3,(H,15,20). The summed E-state index contributed by atoms with van der Waals surface area (Å²) in [5.74, 6) is -0.109. The maximum atomic E-state index is 11.3. The summed E-state index contributed by atoms with van der Waals surface area (Å²) < 4.78 is 4.83. The van der Waals surface area contributed by atoms with Crippen molar-refractivity contribution in [3.63, 3.8) is 0 Å². The van der Waals surface area contributed by atoms with E-state index in [2.05, 4.69) is 10.3 Å². The van der Waals surface area contributed by atoms with Gasteiger partial charge in [-0.2, -0.15) is 0 Å². The Labute approximate surface area is 123 Å². The van der Waals surface area contributed by atoms with Crippen molar-refractivity contribution in [1.29, 1.82) is 0 Å². The largest absolute Gasteiger partial charge is 0.508 e. The van der Waals surface area contributed by atoms with Gasteiger partial charge in [0, 0.05) is 12.3 Å². The molecular formula is C14H18N2O3S. The maximum absolute atomic E-state index is 11.3. The van der Waals surface area contributed by atoms with Gasteiger partial charge in [0.2, 0.25) is 0 Å². The fourth-order valence-electron chi connectivity index (χ4n) is 1.52. The number of nitrogens with zero attached hydrogens (tertiary/aromatic N) is 1. The summed E-state index contributed by atoms with van der Waals surface area (Å²) >= 11 is 5.07. The normalized spacial score (nSPS) is 11.0. The van der Waals surface area contributed by atoms with Crippen LogP contribution in [0.5, 0.6) is 5.75 Å². The van der Waals surface area contributed by atoms with E-state index < -0.39 is 0 Å². The minimum absolute atomic E-state index is 0.127. The van der Waals surface area contributed by atoms with Gasteiger partial charge in [0.1, 0.15) is 5.75 Å². The fraction of sp³-hybridized carbons (Fsp3) is 0.357. The molecule has 108 valence electrons. The number of ether oxygens (including phenoxy) is 1. The minimum Gasteiger partial charge on any atom is -0.508 e. The van der Waals surface area contributed by atoms with Crippen LogP contribution in [0, 0.1) is 0 Å². The number of nitrogens with one attached hydrogen (secondary N) is 1. The van der Waals surface area contributed by atoms with Crippen LogP contribution in [0.15, 0.2) is 29.3 Å². The van der Waals surface area contributed by atoms with Crippen LogP contribution in [0.25, 0.3) is 0 Å². The molecule has 1 aromatic carbocycles. The van der Waals surface area contributed by atoms with E-state index in [1.54, 1.807) is 32.0 Å². The first-order valence-corrected chi connectivity index (χ1v) is 6.67. The number of hydrogen-bond donors (Lipinski definition) is 2. The second kappa shape index (κ2) is 8.27. The zero-order valence-corrected chi connectivity index (χ0v) is 12.4. The van der Waals surface area contributed by atoms with E-state index in [0.717, 1.165) is 5.56 Å². The molecular weight excluding hydrogens is 276 g/mol. The number of benzene rings is 1. The first-order chi connectivity index (χ1) is 9.51. The number of esters is 1. The van der Waals surface area contributed by atoms with Crippen molar-refractivity contribution in [2.24, 2.45) is 4.99 Å². The monoisotopic (exact) mass is 294 g/mol. The number of aliphatic imine (C=N–C) groups is 1. The number of carbonyl (C=O) groups excluding carboxylic acids is 1. The molecule has 0 heterocycles. The summed E-state index contributed by atoms with van der Waals surface area (Å²) in [7, 11) is 0. The molecule has 0 atom stereocenters. The Bertz CT molecular complexity index is 515. The van der Waals surface area contributed by atoms with E-state index in [0.29, 0.717) is 24.0 Å². The Balaban J connectivity index is 2.44. The number of aromatic hydroxyl groups is 1. The van der Waals surface area contributed by atoms with Gasteiger partial charge in [-0.3, -0.25) is 4.79 Å². The van der Waals surface area contributed by atoms with Crippen molar-refractivity contribution < 1.29 is 14.6 Å². The van der Waals surface area contributed by atoms with Crippen molar-refractivity contribution in [1.82, 2.24) is 5.32 Å². The molecule has 6 heteroatoms. The zero-order chi connectivity index (χ0) is 15.0. The Morgan fingerprint density at radius 1 is 1.50 bits per heavy atom. The quantitative estimate of drug-likeness (QED) is 0.495. The Morgan fingerprint density at radius 2 is 2.25 bits per heavy atom. The minimum atomic E-state index is -0.315. The molecule has 0 unspecified atom stereocenters. The SMILES string of the molecule is CCOC(=O)CC(C)=NC(=S)NCc1cccc(O)c1. The Morgan fingerprint density at radius 3 is 2.90 bits per heavy atom. The third-order valence-corrected chi connectivity index (χ3v) is 2.59. The molecule has 0 spiro atoms. The molecule has 0 saturated carbocycles. The van der Waals surface area contributed by atoms with Gasteiger partial charge in [-0.1, -0.05) is 12.1 Å². The molecule has 2 N–H and O–H groups in total. The van der Waals surface area contributed by atoms with Crippen LogP contribution < -0.4 is 5.32 Å². The lowest BCUT2D eigenvalue weighted by molar-refractivity contribution is -0.141. The average molecular weight is 294 g/mol. The van der Waals surface area contributed by atoms with Gasteiger partial charge in [0.15, 0.2) is 5.11 Å². The predicted octanol–water partition coefficient (Wildman–Crippen LogP) is 2.18. The number of rotatable bonds is 5. The number of hydrogen-bond acceptors (Lipinski definition) is 4. The third-order valence-electron chi connectivity index (χ3n) is 2.35. The number of phenols is 1. The molecule has 0 aliphatic rings. The van der Waals surface area contributed by atoms with Gasteiger partial charge in [-0.05, 0) is 43.8 Å². The maximum Gasteiger partial charge on any atom is 0.311 e. The van der Waals surface area contributed by atoms with Crippen molar-refractivity contribution in [3.05, 3.63) is 29.8 Å². The highest BCUT2D eigenvalue weighted by Gasteiger charge is 2.05. The predicted molar refractivity (Wildman–Crippen MR) is 81.9 cm³/mol. The lowest BCUT2D eigenvalue weighted by atomic mass is 10.2. The number of thiocarbonyl (C=S) groups is 1. The highest BCUT2D eigenvalue weighted by Crippen LogP contribution is 2.10. The third kappa shape index (κ3) is 6.29. The smallest absolute Gasteiger partial charge is 0.311 e. The van der Waals surface area contributed by atoms with Crippen LogP contribution in [0.3, 0.4) is 0 Å². The van der Waals surface area contributed by atoms with E-state index in [1.165, 1.54) is 0 Å². The molecule has 0 fully saturated rings. The average Bonchev–Trinajstić information content (AvgIpc) is 2.36. The molecule has 0 amide bonds. The number of phenolic OH excluding ortho intramolecular Hbond substituents is 1. The second-order valence-corrected chi connectivity index (χ2v) is 4.54. The summed E-state index contributed by atoms with van der Waals surface area (Å²) in [4.78, 5) is 15.4. The molecule has 0 saturated heterocycles. The highest BCUT2D eigenvalue weighted by molar-refractivity contribution is 7.80. The fourth-order valence-corrected chi connectivity index (χ4v) is 1.75. The van der Waals surface area contributed by atoms with Crippen molar-refractivity contribution in [3.8, 4) is 5.75 Å². The molecule has 1 rings (SSSR count). The van der Waals surface area contributed by atoms with E-state index in [-0.39, 0.29) is 18.1 Å². The Kier molecular flexibility index (Phi) is 6.66.